The van der Waals surface area contributed by atoms with Crippen molar-refractivity contribution in [2.45, 2.75) is 19.4 Å². The fourth-order valence-corrected chi connectivity index (χ4v) is 4.13. The van der Waals surface area contributed by atoms with Gasteiger partial charge in [0.15, 0.2) is 11.5 Å². The molecular weight excluding hydrogens is 448 g/mol. The number of nitrogens with one attached hydrogen (secondary N) is 2. The highest BCUT2D eigenvalue weighted by atomic mass is 35.5. The van der Waals surface area contributed by atoms with Crippen LogP contribution in [-0.2, 0) is 14.4 Å². The summed E-state index contributed by atoms with van der Waals surface area (Å²) >= 11 is 6.26. The van der Waals surface area contributed by atoms with Crippen molar-refractivity contribution in [2.75, 3.05) is 48.9 Å². The van der Waals surface area contributed by atoms with Crippen molar-refractivity contribution < 1.29 is 23.9 Å². The molecule has 9 nitrogen and oxygen atoms in total. The van der Waals surface area contributed by atoms with Crippen molar-refractivity contribution in [1.82, 2.24) is 4.90 Å². The van der Waals surface area contributed by atoms with Crippen LogP contribution in [0.2, 0.25) is 5.02 Å². The third kappa shape index (κ3) is 5.20. The number of nitrogens with zero attached hydrogens (tertiary/aromatic N) is 2. The Kier molecular flexibility index (Phi) is 6.71. The topological polar surface area (TPSA) is 100 Å². The van der Waals surface area contributed by atoms with Gasteiger partial charge >= 0.3 is 0 Å². The van der Waals surface area contributed by atoms with Gasteiger partial charge in [-0.05, 0) is 26.1 Å². The number of fused-ring (bicyclic) bond motifs is 2. The van der Waals surface area contributed by atoms with Crippen LogP contribution in [0.3, 0.4) is 0 Å². The van der Waals surface area contributed by atoms with E-state index in [1.54, 1.807) is 47.2 Å². The van der Waals surface area contributed by atoms with Gasteiger partial charge in [0, 0.05) is 24.6 Å². The van der Waals surface area contributed by atoms with Crippen molar-refractivity contribution in [3.05, 3.63) is 41.4 Å². The van der Waals surface area contributed by atoms with E-state index < -0.39 is 0 Å². The second-order valence-corrected chi connectivity index (χ2v) is 8.49. The van der Waals surface area contributed by atoms with E-state index in [1.807, 2.05) is 13.0 Å². The fraction of sp³-hybridized carbons (Fsp3) is 0.348. The van der Waals surface area contributed by atoms with Crippen LogP contribution < -0.4 is 25.0 Å². The summed E-state index contributed by atoms with van der Waals surface area (Å²) in [6, 6.07) is 10.1. The van der Waals surface area contributed by atoms with Crippen LogP contribution in [0.4, 0.5) is 17.1 Å². The van der Waals surface area contributed by atoms with Gasteiger partial charge in [0.2, 0.25) is 17.7 Å². The number of hydrogen-bond donors (Lipinski definition) is 2. The minimum Gasteiger partial charge on any atom is -0.486 e. The molecule has 0 saturated heterocycles. The molecule has 1 atom stereocenters. The molecule has 0 saturated carbocycles. The number of ether oxygens (including phenoxy) is 2. The lowest BCUT2D eigenvalue weighted by Gasteiger charge is -2.29. The van der Waals surface area contributed by atoms with Gasteiger partial charge in [-0.25, -0.2) is 0 Å². The second-order valence-electron chi connectivity index (χ2n) is 8.08. The lowest BCUT2D eigenvalue weighted by Crippen LogP contribution is -2.45. The Bertz CT molecular complexity index is 1090. The zero-order valence-corrected chi connectivity index (χ0v) is 19.1. The average molecular weight is 473 g/mol. The number of hydrogen-bond acceptors (Lipinski definition) is 6. The summed E-state index contributed by atoms with van der Waals surface area (Å²) in [5.41, 5.74) is 1.64. The van der Waals surface area contributed by atoms with E-state index in [4.69, 9.17) is 21.1 Å². The van der Waals surface area contributed by atoms with Crippen molar-refractivity contribution in [1.29, 1.82) is 0 Å². The van der Waals surface area contributed by atoms with E-state index in [2.05, 4.69) is 10.6 Å². The summed E-state index contributed by atoms with van der Waals surface area (Å²) in [4.78, 5) is 41.1. The number of carbonyl (C=O) groups excluding carboxylic acids is 3. The van der Waals surface area contributed by atoms with Gasteiger partial charge in [-0.1, -0.05) is 23.7 Å². The molecule has 1 unspecified atom stereocenters. The van der Waals surface area contributed by atoms with Gasteiger partial charge in [-0.2, -0.15) is 0 Å². The first-order valence-corrected chi connectivity index (χ1v) is 11.0. The normalized spacial score (nSPS) is 17.2. The zero-order valence-electron chi connectivity index (χ0n) is 18.4. The molecule has 2 aromatic carbocycles. The Morgan fingerprint density at radius 3 is 2.64 bits per heavy atom. The van der Waals surface area contributed by atoms with E-state index in [1.165, 1.54) is 0 Å². The highest BCUT2D eigenvalue weighted by Crippen LogP contribution is 2.38. The number of rotatable bonds is 5. The van der Waals surface area contributed by atoms with Crippen LogP contribution in [0.1, 0.15) is 13.3 Å². The largest absolute Gasteiger partial charge is 0.486 e. The highest BCUT2D eigenvalue weighted by Gasteiger charge is 2.30. The van der Waals surface area contributed by atoms with E-state index in [9.17, 15) is 14.4 Å². The number of carbonyl (C=O) groups is 3. The molecule has 2 aromatic rings. The number of halogens is 1. The molecule has 2 N–H and O–H groups in total. The highest BCUT2D eigenvalue weighted by molar-refractivity contribution is 6.34. The van der Waals surface area contributed by atoms with Gasteiger partial charge in [0.25, 0.3) is 0 Å². The van der Waals surface area contributed by atoms with E-state index >= 15 is 0 Å². The van der Waals surface area contributed by atoms with E-state index in [0.717, 1.165) is 0 Å². The van der Waals surface area contributed by atoms with Gasteiger partial charge in [-0.15, -0.1) is 0 Å². The molecule has 0 aromatic heterocycles. The summed E-state index contributed by atoms with van der Waals surface area (Å²) in [5, 5.41) is 5.92. The maximum absolute atomic E-state index is 13.2. The number of amides is 3. The summed E-state index contributed by atoms with van der Waals surface area (Å²) in [5.74, 6) is 0.367. The number of likely N-dealkylation sites (N-methyl/N-ethyl adjacent to an activating group) is 1. The lowest BCUT2D eigenvalue weighted by atomic mass is 10.1. The summed E-state index contributed by atoms with van der Waals surface area (Å²) in [7, 11) is 1.68. The van der Waals surface area contributed by atoms with Crippen LogP contribution >= 0.6 is 11.6 Å². The molecule has 0 fully saturated rings. The molecule has 0 aliphatic carbocycles. The van der Waals surface area contributed by atoms with Gasteiger partial charge in [-0.3, -0.25) is 19.3 Å². The number of para-hydroxylation sites is 2. The maximum atomic E-state index is 13.2. The average Bonchev–Trinajstić information content (AvgIpc) is 2.88. The Morgan fingerprint density at radius 1 is 1.18 bits per heavy atom. The second kappa shape index (κ2) is 9.68. The van der Waals surface area contributed by atoms with Crippen molar-refractivity contribution >= 4 is 46.4 Å². The molecule has 0 radical (unpaired) electrons. The third-order valence-electron chi connectivity index (χ3n) is 5.35. The number of anilines is 3. The fourth-order valence-electron chi connectivity index (χ4n) is 3.93. The van der Waals surface area contributed by atoms with Crippen molar-refractivity contribution in [3.63, 3.8) is 0 Å². The predicted octanol–water partition coefficient (Wildman–Crippen LogP) is 2.75. The molecule has 4 rings (SSSR count). The quantitative estimate of drug-likeness (QED) is 0.694. The third-order valence-corrected chi connectivity index (χ3v) is 5.67. The molecule has 3 amide bonds. The Hall–Kier alpha value is -3.30. The van der Waals surface area contributed by atoms with Gasteiger partial charge in [0.1, 0.15) is 13.2 Å². The lowest BCUT2D eigenvalue weighted by molar-refractivity contribution is -0.121. The summed E-state index contributed by atoms with van der Waals surface area (Å²) in [6.07, 6.45) is 0.188. The van der Waals surface area contributed by atoms with Crippen LogP contribution in [0, 0.1) is 0 Å². The zero-order chi connectivity index (χ0) is 23.5. The van der Waals surface area contributed by atoms with Crippen molar-refractivity contribution in [2.24, 2.45) is 0 Å². The Balaban J connectivity index is 1.40. The first-order chi connectivity index (χ1) is 15.8. The maximum Gasteiger partial charge on any atom is 0.241 e. The smallest absolute Gasteiger partial charge is 0.241 e. The monoisotopic (exact) mass is 472 g/mol. The van der Waals surface area contributed by atoms with Gasteiger partial charge < -0.3 is 25.0 Å². The number of benzene rings is 2. The molecule has 2 heterocycles. The first kappa shape index (κ1) is 22.9. The molecule has 2 aliphatic heterocycles. The van der Waals surface area contributed by atoms with E-state index in [-0.39, 0.29) is 43.3 Å². The SMILES string of the molecule is CC1CC(=O)Nc2ccccc2N1C(=O)CN(C)CC(=O)Nc1cc2c(cc1Cl)OCCO2. The molecular formula is C23H25ClN4O5. The molecule has 10 heteroatoms. The molecule has 174 valence electrons. The summed E-state index contributed by atoms with van der Waals surface area (Å²) < 4.78 is 11.0. The van der Waals surface area contributed by atoms with Crippen LogP contribution in [0.5, 0.6) is 11.5 Å². The Morgan fingerprint density at radius 2 is 1.88 bits per heavy atom. The van der Waals surface area contributed by atoms with Crippen LogP contribution in [0.25, 0.3) is 0 Å². The summed E-state index contributed by atoms with van der Waals surface area (Å²) in [6.45, 7) is 2.66. The van der Waals surface area contributed by atoms with E-state index in [0.29, 0.717) is 46.8 Å². The van der Waals surface area contributed by atoms with Crippen molar-refractivity contribution in [3.8, 4) is 11.5 Å². The molecule has 2 aliphatic rings. The molecule has 0 bridgehead atoms. The van der Waals surface area contributed by atoms with Gasteiger partial charge in [0.05, 0.1) is 35.2 Å². The van der Waals surface area contributed by atoms with Crippen LogP contribution in [-0.4, -0.2) is 62.0 Å². The Labute approximate surface area is 196 Å². The minimum absolute atomic E-state index is 0.00481. The standard InChI is InChI=1S/C23H25ClN4O5/c1-14-9-21(29)25-16-5-3-4-6-18(16)28(14)23(31)13-27(2)12-22(30)26-17-11-20-19(10-15(17)24)32-7-8-33-20/h3-6,10-11,14H,7-9,12-13H2,1-2H3,(H,25,29)(H,26,30). The molecule has 33 heavy (non-hydrogen) atoms. The molecule has 0 spiro atoms. The van der Waals surface area contributed by atoms with Crippen LogP contribution in [0.15, 0.2) is 36.4 Å². The first-order valence-electron chi connectivity index (χ1n) is 10.6. The predicted molar refractivity (Wildman–Crippen MR) is 125 cm³/mol. The minimum atomic E-state index is -0.329.